The van der Waals surface area contributed by atoms with Crippen LogP contribution in [0, 0.1) is 0 Å². The van der Waals surface area contributed by atoms with Crippen molar-refractivity contribution >= 4 is 34.8 Å². The highest BCUT2D eigenvalue weighted by Crippen LogP contribution is 2.23. The summed E-state index contributed by atoms with van der Waals surface area (Å²) in [5, 5.41) is 6.07. The van der Waals surface area contributed by atoms with Gasteiger partial charge in [0, 0.05) is 0 Å². The average molecular weight is 390 g/mol. The molecule has 0 unspecified atom stereocenters. The second kappa shape index (κ2) is 10.5. The summed E-state index contributed by atoms with van der Waals surface area (Å²) in [6.07, 6.45) is 0.821. The number of carbonyl (C=O) groups excluding carboxylic acids is 2. The quantitative estimate of drug-likeness (QED) is 0.687. The summed E-state index contributed by atoms with van der Waals surface area (Å²) in [6.45, 7) is 2.81. The van der Waals surface area contributed by atoms with E-state index in [0.29, 0.717) is 28.7 Å². The minimum atomic E-state index is -0.221. The highest BCUT2D eigenvalue weighted by atomic mass is 35.5. The molecule has 2 aromatic carbocycles. The lowest BCUT2D eigenvalue weighted by Crippen LogP contribution is -2.39. The summed E-state index contributed by atoms with van der Waals surface area (Å²) in [6, 6.07) is 14.2. The minimum Gasteiger partial charge on any atom is -0.495 e. The number of carbonyl (C=O) groups is 2. The van der Waals surface area contributed by atoms with Crippen LogP contribution < -0.4 is 15.4 Å². The van der Waals surface area contributed by atoms with Gasteiger partial charge in [-0.25, -0.2) is 0 Å². The predicted molar refractivity (Wildman–Crippen MR) is 108 cm³/mol. The number of hydrogen-bond acceptors (Lipinski definition) is 4. The van der Waals surface area contributed by atoms with Gasteiger partial charge in [-0.2, -0.15) is 0 Å². The number of rotatable bonds is 9. The zero-order valence-corrected chi connectivity index (χ0v) is 16.3. The van der Waals surface area contributed by atoms with E-state index in [1.54, 1.807) is 48.4 Å². The fourth-order valence-electron chi connectivity index (χ4n) is 2.63. The molecular weight excluding hydrogens is 366 g/mol. The van der Waals surface area contributed by atoms with E-state index < -0.39 is 0 Å². The molecule has 2 N–H and O–H groups in total. The Morgan fingerprint density at radius 3 is 2.11 bits per heavy atom. The molecule has 0 radical (unpaired) electrons. The summed E-state index contributed by atoms with van der Waals surface area (Å²) < 4.78 is 5.24. The molecule has 0 aliphatic rings. The maximum absolute atomic E-state index is 12.4. The molecule has 0 atom stereocenters. The Bertz CT molecular complexity index is 783. The largest absolute Gasteiger partial charge is 0.495 e. The number of para-hydroxylation sites is 3. The van der Waals surface area contributed by atoms with Gasteiger partial charge in [0.1, 0.15) is 5.75 Å². The molecule has 7 heteroatoms. The van der Waals surface area contributed by atoms with Crippen molar-refractivity contribution in [2.75, 3.05) is 37.4 Å². The molecule has 2 aromatic rings. The van der Waals surface area contributed by atoms with Crippen molar-refractivity contribution in [3.8, 4) is 5.75 Å². The zero-order chi connectivity index (χ0) is 19.6. The Balaban J connectivity index is 1.95. The van der Waals surface area contributed by atoms with Crippen LogP contribution in [0.5, 0.6) is 5.75 Å². The van der Waals surface area contributed by atoms with E-state index in [1.807, 2.05) is 19.1 Å². The van der Waals surface area contributed by atoms with Crippen LogP contribution in [0.2, 0.25) is 5.02 Å². The topological polar surface area (TPSA) is 70.7 Å². The van der Waals surface area contributed by atoms with Crippen molar-refractivity contribution in [3.63, 3.8) is 0 Å². The smallest absolute Gasteiger partial charge is 0.238 e. The van der Waals surface area contributed by atoms with E-state index in [0.717, 1.165) is 6.42 Å². The molecule has 0 spiro atoms. The van der Waals surface area contributed by atoms with Gasteiger partial charge in [0.25, 0.3) is 0 Å². The number of hydrogen-bond donors (Lipinski definition) is 2. The lowest BCUT2D eigenvalue weighted by Gasteiger charge is -2.21. The predicted octanol–water partition coefficient (Wildman–Crippen LogP) is 3.64. The van der Waals surface area contributed by atoms with E-state index >= 15 is 0 Å². The number of methoxy groups -OCH3 is 1. The zero-order valence-electron chi connectivity index (χ0n) is 15.5. The molecule has 27 heavy (non-hydrogen) atoms. The highest BCUT2D eigenvalue weighted by Gasteiger charge is 2.16. The van der Waals surface area contributed by atoms with Crippen LogP contribution in [-0.2, 0) is 9.59 Å². The van der Waals surface area contributed by atoms with Crippen LogP contribution >= 0.6 is 11.6 Å². The monoisotopic (exact) mass is 389 g/mol. The van der Waals surface area contributed by atoms with Gasteiger partial charge in [-0.3, -0.25) is 14.5 Å². The van der Waals surface area contributed by atoms with Crippen molar-refractivity contribution in [1.29, 1.82) is 0 Å². The number of amides is 2. The molecule has 2 amide bonds. The number of halogens is 1. The van der Waals surface area contributed by atoms with Gasteiger partial charge < -0.3 is 15.4 Å². The molecule has 0 saturated heterocycles. The van der Waals surface area contributed by atoms with Crippen molar-refractivity contribution in [3.05, 3.63) is 53.6 Å². The number of benzene rings is 2. The standard InChI is InChI=1S/C20H24ClN3O3/c1-3-12-24(13-19(25)22-16-9-5-4-8-15(16)21)14-20(26)23-17-10-6-7-11-18(17)27-2/h4-11H,3,12-14H2,1-2H3,(H,22,25)(H,23,26). The summed E-state index contributed by atoms with van der Waals surface area (Å²) in [4.78, 5) is 26.5. The second-order valence-corrected chi connectivity index (χ2v) is 6.39. The van der Waals surface area contributed by atoms with Crippen LogP contribution in [0.3, 0.4) is 0 Å². The third kappa shape index (κ3) is 6.58. The minimum absolute atomic E-state index is 0.0956. The van der Waals surface area contributed by atoms with Crippen molar-refractivity contribution < 1.29 is 14.3 Å². The van der Waals surface area contributed by atoms with Crippen molar-refractivity contribution in [2.24, 2.45) is 0 Å². The first kappa shape index (κ1) is 20.7. The molecule has 0 saturated carbocycles. The number of nitrogens with one attached hydrogen (secondary N) is 2. The van der Waals surface area contributed by atoms with Gasteiger partial charge in [0.15, 0.2) is 0 Å². The molecule has 144 valence electrons. The first-order valence-corrected chi connectivity index (χ1v) is 9.11. The molecule has 0 heterocycles. The third-order valence-corrected chi connectivity index (χ3v) is 4.13. The van der Waals surface area contributed by atoms with E-state index in [4.69, 9.17) is 16.3 Å². The Kier molecular flexibility index (Phi) is 8.10. The van der Waals surface area contributed by atoms with Crippen molar-refractivity contribution in [1.82, 2.24) is 4.90 Å². The van der Waals surface area contributed by atoms with E-state index in [1.165, 1.54) is 0 Å². The van der Waals surface area contributed by atoms with Crippen LogP contribution in [0.15, 0.2) is 48.5 Å². The molecule has 0 aliphatic heterocycles. The Morgan fingerprint density at radius 1 is 0.963 bits per heavy atom. The fraction of sp³-hybridized carbons (Fsp3) is 0.300. The lowest BCUT2D eigenvalue weighted by atomic mass is 10.3. The van der Waals surface area contributed by atoms with Gasteiger partial charge in [-0.1, -0.05) is 42.8 Å². The van der Waals surface area contributed by atoms with E-state index in [9.17, 15) is 9.59 Å². The maximum atomic E-state index is 12.4. The Labute approximate surface area is 164 Å². The summed E-state index contributed by atoms with van der Waals surface area (Å²) >= 11 is 6.06. The first-order valence-electron chi connectivity index (χ1n) is 8.73. The van der Waals surface area contributed by atoms with Gasteiger partial charge in [0.2, 0.25) is 11.8 Å². The molecule has 0 aliphatic carbocycles. The fourth-order valence-corrected chi connectivity index (χ4v) is 2.81. The summed E-state index contributed by atoms with van der Waals surface area (Å²) in [7, 11) is 1.55. The van der Waals surface area contributed by atoms with Gasteiger partial charge >= 0.3 is 0 Å². The second-order valence-electron chi connectivity index (χ2n) is 5.99. The first-order chi connectivity index (χ1) is 13.0. The SMILES string of the molecule is CCCN(CC(=O)Nc1ccccc1Cl)CC(=O)Nc1ccccc1OC. The van der Waals surface area contributed by atoms with E-state index in [2.05, 4.69) is 10.6 Å². The lowest BCUT2D eigenvalue weighted by molar-refractivity contribution is -0.120. The maximum Gasteiger partial charge on any atom is 0.238 e. The molecule has 6 nitrogen and oxygen atoms in total. The van der Waals surface area contributed by atoms with Crippen LogP contribution in [0.25, 0.3) is 0 Å². The third-order valence-electron chi connectivity index (χ3n) is 3.80. The normalized spacial score (nSPS) is 10.5. The molecule has 0 fully saturated rings. The summed E-state index contributed by atoms with van der Waals surface area (Å²) in [5.41, 5.74) is 1.15. The van der Waals surface area contributed by atoms with Gasteiger partial charge in [-0.15, -0.1) is 0 Å². The molecule has 0 bridgehead atoms. The number of nitrogens with zero attached hydrogens (tertiary/aromatic N) is 1. The van der Waals surface area contributed by atoms with Crippen LogP contribution in [0.4, 0.5) is 11.4 Å². The molecule has 0 aromatic heterocycles. The molecular formula is C20H24ClN3O3. The van der Waals surface area contributed by atoms with Gasteiger partial charge in [0.05, 0.1) is 36.6 Å². The average Bonchev–Trinajstić information content (AvgIpc) is 2.64. The number of ether oxygens (including phenoxy) is 1. The van der Waals surface area contributed by atoms with E-state index in [-0.39, 0.29) is 24.9 Å². The van der Waals surface area contributed by atoms with Crippen LogP contribution in [0.1, 0.15) is 13.3 Å². The van der Waals surface area contributed by atoms with Crippen molar-refractivity contribution in [2.45, 2.75) is 13.3 Å². The highest BCUT2D eigenvalue weighted by molar-refractivity contribution is 6.33. The molecule has 2 rings (SSSR count). The Hall–Kier alpha value is -2.57. The number of anilines is 2. The summed E-state index contributed by atoms with van der Waals surface area (Å²) in [5.74, 6) is 0.157. The van der Waals surface area contributed by atoms with Crippen LogP contribution in [-0.4, -0.2) is 43.5 Å². The van der Waals surface area contributed by atoms with Gasteiger partial charge in [-0.05, 0) is 37.2 Å². The Morgan fingerprint density at radius 2 is 1.52 bits per heavy atom.